The van der Waals surface area contributed by atoms with Crippen LogP contribution in [0.25, 0.3) is 0 Å². The van der Waals surface area contributed by atoms with Crippen LogP contribution in [0.2, 0.25) is 5.02 Å². The van der Waals surface area contributed by atoms with Gasteiger partial charge in [0.1, 0.15) is 11.6 Å². The van der Waals surface area contributed by atoms with E-state index in [4.69, 9.17) is 11.6 Å². The Bertz CT molecular complexity index is 614. The second-order valence-electron chi connectivity index (χ2n) is 5.27. The average molecular weight is 350 g/mol. The number of nitrogens with zero attached hydrogens (tertiary/aromatic N) is 3. The van der Waals surface area contributed by atoms with E-state index in [1.165, 1.54) is 6.92 Å². The molecule has 1 amide bonds. The van der Waals surface area contributed by atoms with Crippen LogP contribution in [0, 0.1) is 0 Å². The Morgan fingerprint density at radius 3 is 2.35 bits per heavy atom. The molecule has 1 saturated heterocycles. The van der Waals surface area contributed by atoms with E-state index >= 15 is 0 Å². The van der Waals surface area contributed by atoms with Crippen molar-refractivity contribution in [3.05, 3.63) is 22.8 Å². The van der Waals surface area contributed by atoms with Crippen molar-refractivity contribution in [2.24, 2.45) is 0 Å². The van der Waals surface area contributed by atoms with Crippen molar-refractivity contribution in [2.45, 2.75) is 19.5 Å². The summed E-state index contributed by atoms with van der Waals surface area (Å²) in [6.07, 6.45) is -3.89. The highest BCUT2D eigenvalue weighted by Gasteiger charge is 2.32. The second-order valence-corrected chi connectivity index (χ2v) is 5.68. The van der Waals surface area contributed by atoms with E-state index in [1.807, 2.05) is 0 Å². The number of rotatable bonds is 3. The van der Waals surface area contributed by atoms with Crippen LogP contribution in [-0.2, 0) is 15.8 Å². The van der Waals surface area contributed by atoms with Crippen molar-refractivity contribution in [3.8, 4) is 0 Å². The van der Waals surface area contributed by atoms with Gasteiger partial charge in [0.05, 0.1) is 17.0 Å². The molecule has 23 heavy (non-hydrogen) atoms. The number of amides is 1. The van der Waals surface area contributed by atoms with Gasteiger partial charge in [-0.05, 0) is 13.0 Å². The average Bonchev–Trinajstić information content (AvgIpc) is 2.45. The Morgan fingerprint density at radius 2 is 1.87 bits per heavy atom. The van der Waals surface area contributed by atoms with Crippen molar-refractivity contribution in [3.63, 3.8) is 0 Å². The number of alkyl halides is 3. The lowest BCUT2D eigenvalue weighted by Gasteiger charge is -2.35. The minimum Gasteiger partial charge on any atom is -0.352 e. The number of ketones is 1. The first-order valence-electron chi connectivity index (χ1n) is 6.93. The van der Waals surface area contributed by atoms with Crippen molar-refractivity contribution in [1.29, 1.82) is 0 Å². The summed E-state index contributed by atoms with van der Waals surface area (Å²) in [5.74, 6) is -0.188. The Morgan fingerprint density at radius 1 is 1.26 bits per heavy atom. The van der Waals surface area contributed by atoms with Gasteiger partial charge in [-0.15, -0.1) is 0 Å². The van der Waals surface area contributed by atoms with E-state index in [1.54, 1.807) is 9.80 Å². The van der Waals surface area contributed by atoms with Crippen LogP contribution in [0.1, 0.15) is 18.9 Å². The lowest BCUT2D eigenvalue weighted by atomic mass is 10.2. The molecule has 126 valence electrons. The van der Waals surface area contributed by atoms with Crippen LogP contribution in [0.15, 0.2) is 12.3 Å². The lowest BCUT2D eigenvalue weighted by Crippen LogP contribution is -2.49. The van der Waals surface area contributed by atoms with Crippen molar-refractivity contribution >= 4 is 29.1 Å². The molecule has 5 nitrogen and oxygen atoms in total. The predicted octanol–water partition coefficient (Wildman–Crippen LogP) is 2.38. The summed E-state index contributed by atoms with van der Waals surface area (Å²) < 4.78 is 37.8. The first kappa shape index (κ1) is 17.5. The minimum absolute atomic E-state index is 0.0802. The van der Waals surface area contributed by atoms with E-state index in [9.17, 15) is 22.8 Å². The normalized spacial score (nSPS) is 15.7. The van der Waals surface area contributed by atoms with Crippen LogP contribution in [0.4, 0.5) is 19.0 Å². The predicted molar refractivity (Wildman–Crippen MR) is 78.3 cm³/mol. The van der Waals surface area contributed by atoms with Gasteiger partial charge in [0.25, 0.3) is 0 Å². The van der Waals surface area contributed by atoms with Crippen LogP contribution >= 0.6 is 11.6 Å². The molecule has 0 radical (unpaired) electrons. The first-order valence-corrected chi connectivity index (χ1v) is 7.31. The first-order chi connectivity index (χ1) is 10.7. The molecule has 1 aromatic heterocycles. The number of carbonyl (C=O) groups excluding carboxylic acids is 2. The summed E-state index contributed by atoms with van der Waals surface area (Å²) in [5.41, 5.74) is -0.901. The summed E-state index contributed by atoms with van der Waals surface area (Å²) in [6.45, 7) is 2.86. The lowest BCUT2D eigenvalue weighted by molar-refractivity contribution is -0.138. The maximum atomic E-state index is 12.6. The number of hydrogen-bond donors (Lipinski definition) is 0. The van der Waals surface area contributed by atoms with E-state index in [0.717, 1.165) is 12.3 Å². The summed E-state index contributed by atoms with van der Waals surface area (Å²) in [5, 5.41) is -0.0802. The highest BCUT2D eigenvalue weighted by Crippen LogP contribution is 2.33. The third-order valence-corrected chi connectivity index (χ3v) is 3.76. The monoisotopic (exact) mass is 349 g/mol. The van der Waals surface area contributed by atoms with Gasteiger partial charge in [0, 0.05) is 32.4 Å². The molecule has 0 bridgehead atoms. The number of hydrogen-bond acceptors (Lipinski definition) is 4. The van der Waals surface area contributed by atoms with Gasteiger partial charge in [-0.3, -0.25) is 9.59 Å². The highest BCUT2D eigenvalue weighted by atomic mass is 35.5. The zero-order valence-corrected chi connectivity index (χ0v) is 13.1. The Labute approximate surface area is 136 Å². The van der Waals surface area contributed by atoms with Crippen molar-refractivity contribution in [1.82, 2.24) is 9.88 Å². The molecular formula is C14H15ClF3N3O2. The molecule has 0 saturated carbocycles. The van der Waals surface area contributed by atoms with E-state index < -0.39 is 11.7 Å². The number of halogens is 4. The molecule has 2 heterocycles. The Hall–Kier alpha value is -1.83. The van der Waals surface area contributed by atoms with Gasteiger partial charge >= 0.3 is 6.18 Å². The fourth-order valence-electron chi connectivity index (χ4n) is 2.31. The molecular weight excluding hydrogens is 335 g/mol. The fourth-order valence-corrected chi connectivity index (χ4v) is 2.60. The SMILES string of the molecule is CC(=O)CC(=O)N1CCN(c2ncc(C(F)(F)F)cc2Cl)CC1. The molecule has 0 N–H and O–H groups in total. The van der Waals surface area contributed by atoms with Gasteiger partial charge in [0.15, 0.2) is 0 Å². The maximum Gasteiger partial charge on any atom is 0.417 e. The molecule has 0 unspecified atom stereocenters. The molecule has 2 rings (SSSR count). The number of anilines is 1. The molecule has 0 aliphatic carbocycles. The van der Waals surface area contributed by atoms with Gasteiger partial charge in [-0.25, -0.2) is 4.98 Å². The molecule has 0 atom stereocenters. The van der Waals surface area contributed by atoms with E-state index in [2.05, 4.69) is 4.98 Å². The smallest absolute Gasteiger partial charge is 0.352 e. The van der Waals surface area contributed by atoms with Crippen molar-refractivity contribution in [2.75, 3.05) is 31.1 Å². The second kappa shape index (κ2) is 6.74. The zero-order valence-electron chi connectivity index (χ0n) is 12.4. The topological polar surface area (TPSA) is 53.5 Å². The molecule has 1 fully saturated rings. The molecule has 1 aromatic rings. The largest absolute Gasteiger partial charge is 0.417 e. The standard InChI is InChI=1S/C14H15ClF3N3O2/c1-9(22)6-12(23)20-2-4-21(5-3-20)13-11(15)7-10(8-19-13)14(16,17)18/h7-8H,2-6H2,1H3. The van der Waals surface area contributed by atoms with E-state index in [0.29, 0.717) is 26.2 Å². The zero-order chi connectivity index (χ0) is 17.2. The third kappa shape index (κ3) is 4.34. The van der Waals surface area contributed by atoms with Crippen LogP contribution in [0.3, 0.4) is 0 Å². The number of pyridine rings is 1. The van der Waals surface area contributed by atoms with Crippen LogP contribution < -0.4 is 4.90 Å². The summed E-state index contributed by atoms with van der Waals surface area (Å²) in [6, 6.07) is 0.844. The highest BCUT2D eigenvalue weighted by molar-refractivity contribution is 6.33. The molecule has 1 aliphatic heterocycles. The number of Topliss-reactive ketones (excluding diaryl/α,β-unsaturated/α-hetero) is 1. The summed E-state index contributed by atoms with van der Waals surface area (Å²) >= 11 is 5.91. The maximum absolute atomic E-state index is 12.6. The molecule has 0 aromatic carbocycles. The van der Waals surface area contributed by atoms with Gasteiger partial charge in [-0.1, -0.05) is 11.6 Å². The minimum atomic E-state index is -4.49. The van der Waals surface area contributed by atoms with Gasteiger partial charge in [-0.2, -0.15) is 13.2 Å². The molecule has 0 spiro atoms. The fraction of sp³-hybridized carbons (Fsp3) is 0.500. The Kier molecular flexibility index (Phi) is 5.13. The summed E-state index contributed by atoms with van der Waals surface area (Å²) in [4.78, 5) is 29.8. The number of carbonyl (C=O) groups is 2. The number of piperazine rings is 1. The number of aromatic nitrogens is 1. The van der Waals surface area contributed by atoms with Gasteiger partial charge < -0.3 is 9.80 Å². The molecule has 1 aliphatic rings. The van der Waals surface area contributed by atoms with E-state index in [-0.39, 0.29) is 29.0 Å². The van der Waals surface area contributed by atoms with Crippen LogP contribution in [0.5, 0.6) is 0 Å². The summed E-state index contributed by atoms with van der Waals surface area (Å²) in [7, 11) is 0. The quantitative estimate of drug-likeness (QED) is 0.786. The third-order valence-electron chi connectivity index (χ3n) is 3.48. The van der Waals surface area contributed by atoms with Crippen molar-refractivity contribution < 1.29 is 22.8 Å². The molecule has 9 heteroatoms. The van der Waals surface area contributed by atoms with Crippen LogP contribution in [-0.4, -0.2) is 47.8 Å². The van der Waals surface area contributed by atoms with Gasteiger partial charge in [0.2, 0.25) is 5.91 Å². The Balaban J connectivity index is 2.03.